The number of aliphatic hydroxyl groups is 2. The number of hydrogen-bond donors (Lipinski definition) is 2. The third-order valence-corrected chi connectivity index (χ3v) is 2.53. The molecule has 0 radical (unpaired) electrons. The van der Waals surface area contributed by atoms with Crippen LogP contribution in [0.5, 0.6) is 0 Å². The lowest BCUT2D eigenvalue weighted by Gasteiger charge is -2.05. The van der Waals surface area contributed by atoms with Crippen LogP contribution >= 0.6 is 11.8 Å². The smallest absolute Gasteiger partial charge is 0.115 e. The Balaban J connectivity index is 2.20. The number of aliphatic hydroxyl groups excluding tert-OH is 2. The molecule has 1 rings (SSSR count). The average molecular weight is 200 g/mol. The lowest BCUT2D eigenvalue weighted by atomic mass is 10.4. The zero-order chi connectivity index (χ0) is 9.52. The highest BCUT2D eigenvalue weighted by molar-refractivity contribution is 7.98. The molecule has 1 heterocycles. The van der Waals surface area contributed by atoms with Crippen LogP contribution < -0.4 is 0 Å². The fourth-order valence-electron chi connectivity index (χ4n) is 0.756. The van der Waals surface area contributed by atoms with Crippen molar-refractivity contribution in [3.05, 3.63) is 24.3 Å². The summed E-state index contributed by atoms with van der Waals surface area (Å²) in [4.78, 5) is 7.82. The molecule has 13 heavy (non-hydrogen) atoms. The molecule has 0 saturated carbocycles. The Morgan fingerprint density at radius 2 is 2.38 bits per heavy atom. The summed E-state index contributed by atoms with van der Waals surface area (Å²) in [7, 11) is 0. The average Bonchev–Trinajstić information content (AvgIpc) is 2.19. The molecule has 2 N–H and O–H groups in total. The maximum Gasteiger partial charge on any atom is 0.115 e. The van der Waals surface area contributed by atoms with Gasteiger partial charge in [0.2, 0.25) is 0 Å². The summed E-state index contributed by atoms with van der Waals surface area (Å²) in [6.07, 6.45) is 2.55. The molecule has 0 bridgehead atoms. The number of nitrogens with zero attached hydrogens (tertiary/aromatic N) is 2. The highest BCUT2D eigenvalue weighted by atomic mass is 32.2. The van der Waals surface area contributed by atoms with Crippen LogP contribution in [0.4, 0.5) is 0 Å². The Hall–Kier alpha value is -0.650. The van der Waals surface area contributed by atoms with Gasteiger partial charge in [0.25, 0.3) is 0 Å². The zero-order valence-electron chi connectivity index (χ0n) is 7.13. The Morgan fingerprint density at radius 1 is 1.54 bits per heavy atom. The quantitative estimate of drug-likeness (QED) is 0.703. The molecule has 0 spiro atoms. The van der Waals surface area contributed by atoms with Gasteiger partial charge in [-0.15, -0.1) is 0 Å². The Labute approximate surface area is 81.0 Å². The molecule has 0 aliphatic heterocycles. The van der Waals surface area contributed by atoms with Crippen LogP contribution in [0.2, 0.25) is 0 Å². The predicted octanol–water partition coefficient (Wildman–Crippen LogP) is 0.0630. The molecular weight excluding hydrogens is 188 g/mol. The van der Waals surface area contributed by atoms with Crippen LogP contribution in [0.15, 0.2) is 18.6 Å². The molecule has 1 aromatic heterocycles. The predicted molar refractivity (Wildman–Crippen MR) is 51.3 cm³/mol. The largest absolute Gasteiger partial charge is 0.394 e. The first kappa shape index (κ1) is 10.4. The summed E-state index contributed by atoms with van der Waals surface area (Å²) in [6.45, 7) is -0.184. The van der Waals surface area contributed by atoms with Crippen LogP contribution in [0.1, 0.15) is 5.69 Å². The van der Waals surface area contributed by atoms with Crippen molar-refractivity contribution in [2.24, 2.45) is 0 Å². The van der Waals surface area contributed by atoms with Crippen molar-refractivity contribution in [2.45, 2.75) is 11.9 Å². The lowest BCUT2D eigenvalue weighted by Crippen LogP contribution is -2.14. The molecule has 1 atom stereocenters. The maximum atomic E-state index is 9.03. The monoisotopic (exact) mass is 200 g/mol. The van der Waals surface area contributed by atoms with Gasteiger partial charge in [0.1, 0.15) is 6.33 Å². The van der Waals surface area contributed by atoms with Crippen LogP contribution in [0.3, 0.4) is 0 Å². The van der Waals surface area contributed by atoms with Gasteiger partial charge in [0, 0.05) is 17.7 Å². The molecule has 0 fully saturated rings. The van der Waals surface area contributed by atoms with Crippen LogP contribution in [0.25, 0.3) is 0 Å². The molecule has 1 aromatic rings. The maximum absolute atomic E-state index is 9.03. The van der Waals surface area contributed by atoms with Gasteiger partial charge < -0.3 is 10.2 Å². The van der Waals surface area contributed by atoms with Crippen molar-refractivity contribution in [1.82, 2.24) is 9.97 Å². The fourth-order valence-corrected chi connectivity index (χ4v) is 1.63. The molecule has 0 saturated heterocycles. The highest BCUT2D eigenvalue weighted by Gasteiger charge is 2.01. The van der Waals surface area contributed by atoms with Crippen LogP contribution in [-0.2, 0) is 5.75 Å². The molecular formula is C8H12N2O2S. The van der Waals surface area contributed by atoms with Crippen molar-refractivity contribution < 1.29 is 10.2 Å². The first-order chi connectivity index (χ1) is 6.33. The first-order valence-corrected chi connectivity index (χ1v) is 5.10. The number of thioether (sulfide) groups is 1. The summed E-state index contributed by atoms with van der Waals surface area (Å²) in [6, 6.07) is 1.83. The van der Waals surface area contributed by atoms with Crippen molar-refractivity contribution in [1.29, 1.82) is 0 Å². The Bertz CT molecular complexity index is 233. The van der Waals surface area contributed by atoms with Crippen molar-refractivity contribution in [2.75, 3.05) is 12.4 Å². The highest BCUT2D eigenvalue weighted by Crippen LogP contribution is 2.09. The zero-order valence-corrected chi connectivity index (χ0v) is 7.94. The summed E-state index contributed by atoms with van der Waals surface area (Å²) in [5.74, 6) is 1.26. The van der Waals surface area contributed by atoms with E-state index in [1.54, 1.807) is 6.20 Å². The molecule has 0 aliphatic carbocycles. The van der Waals surface area contributed by atoms with Crippen LogP contribution in [0, 0.1) is 0 Å². The van der Waals surface area contributed by atoms with Crippen molar-refractivity contribution in [3.8, 4) is 0 Å². The standard InChI is InChI=1S/C8H12N2O2S/c11-3-8(12)5-13-4-7-1-2-9-6-10-7/h1-2,6,8,11-12H,3-5H2. The number of hydrogen-bond acceptors (Lipinski definition) is 5. The normalized spacial score (nSPS) is 12.8. The minimum absolute atomic E-state index is 0.184. The summed E-state index contributed by atoms with van der Waals surface area (Å²) < 4.78 is 0. The van der Waals surface area contributed by atoms with Gasteiger partial charge in [0.15, 0.2) is 0 Å². The van der Waals surface area contributed by atoms with Gasteiger partial charge in [0.05, 0.1) is 18.4 Å². The van der Waals surface area contributed by atoms with Crippen molar-refractivity contribution in [3.63, 3.8) is 0 Å². The Kier molecular flexibility index (Phi) is 4.74. The third-order valence-electron chi connectivity index (χ3n) is 1.41. The molecule has 4 nitrogen and oxygen atoms in total. The fraction of sp³-hybridized carbons (Fsp3) is 0.500. The molecule has 72 valence electrons. The second-order valence-electron chi connectivity index (χ2n) is 2.55. The van der Waals surface area contributed by atoms with Gasteiger partial charge in [-0.3, -0.25) is 0 Å². The molecule has 0 aliphatic rings. The van der Waals surface area contributed by atoms with E-state index in [0.29, 0.717) is 5.75 Å². The molecule has 0 aromatic carbocycles. The molecule has 0 amide bonds. The summed E-state index contributed by atoms with van der Waals surface area (Å²) in [5.41, 5.74) is 0.935. The molecule has 5 heteroatoms. The van der Waals surface area contributed by atoms with E-state index < -0.39 is 6.10 Å². The second kappa shape index (κ2) is 5.90. The van der Waals surface area contributed by atoms with E-state index in [0.717, 1.165) is 11.4 Å². The number of rotatable bonds is 5. The van der Waals surface area contributed by atoms with E-state index in [-0.39, 0.29) is 6.61 Å². The van der Waals surface area contributed by atoms with E-state index in [9.17, 15) is 0 Å². The van der Waals surface area contributed by atoms with E-state index >= 15 is 0 Å². The van der Waals surface area contributed by atoms with Gasteiger partial charge in [-0.25, -0.2) is 9.97 Å². The first-order valence-electron chi connectivity index (χ1n) is 3.94. The van der Waals surface area contributed by atoms with E-state index in [2.05, 4.69) is 9.97 Å². The van der Waals surface area contributed by atoms with Gasteiger partial charge in [-0.05, 0) is 6.07 Å². The van der Waals surface area contributed by atoms with E-state index in [1.807, 2.05) is 6.07 Å². The SMILES string of the molecule is OCC(O)CSCc1ccncn1. The van der Waals surface area contributed by atoms with Crippen molar-refractivity contribution >= 4 is 11.8 Å². The van der Waals surface area contributed by atoms with E-state index in [1.165, 1.54) is 18.1 Å². The van der Waals surface area contributed by atoms with Gasteiger partial charge >= 0.3 is 0 Å². The molecule has 1 unspecified atom stereocenters. The Morgan fingerprint density at radius 3 is 3.00 bits per heavy atom. The summed E-state index contributed by atoms with van der Waals surface area (Å²) in [5, 5.41) is 17.6. The minimum Gasteiger partial charge on any atom is -0.394 e. The van der Waals surface area contributed by atoms with Crippen LogP contribution in [-0.4, -0.2) is 38.6 Å². The van der Waals surface area contributed by atoms with Gasteiger partial charge in [-0.1, -0.05) is 0 Å². The van der Waals surface area contributed by atoms with Gasteiger partial charge in [-0.2, -0.15) is 11.8 Å². The topological polar surface area (TPSA) is 66.2 Å². The third kappa shape index (κ3) is 4.21. The van der Waals surface area contributed by atoms with E-state index in [4.69, 9.17) is 10.2 Å². The minimum atomic E-state index is -0.633. The summed E-state index contributed by atoms with van der Waals surface area (Å²) >= 11 is 1.54. The number of aromatic nitrogens is 2. The second-order valence-corrected chi connectivity index (χ2v) is 3.58. The lowest BCUT2D eigenvalue weighted by molar-refractivity contribution is 0.113.